The molecule has 24 heavy (non-hydrogen) atoms. The number of ether oxygens (including phenoxy) is 1. The van der Waals surface area contributed by atoms with E-state index in [0.717, 1.165) is 0 Å². The van der Waals surface area contributed by atoms with E-state index in [-0.39, 0.29) is 11.5 Å². The van der Waals surface area contributed by atoms with Gasteiger partial charge in [0.25, 0.3) is 11.5 Å². The summed E-state index contributed by atoms with van der Waals surface area (Å²) in [6, 6.07) is 3.11. The second kappa shape index (κ2) is 7.60. The number of aromatic nitrogens is 2. The van der Waals surface area contributed by atoms with Gasteiger partial charge < -0.3 is 20.1 Å². The maximum Gasteiger partial charge on any atom is 0.294 e. The van der Waals surface area contributed by atoms with Gasteiger partial charge in [-0.05, 0) is 30.0 Å². The number of hydrogen-bond donors (Lipinski definition) is 3. The van der Waals surface area contributed by atoms with E-state index in [9.17, 15) is 14.7 Å². The van der Waals surface area contributed by atoms with Gasteiger partial charge in [-0.3, -0.25) is 9.59 Å². The lowest BCUT2D eigenvalue weighted by Gasteiger charge is -2.14. The summed E-state index contributed by atoms with van der Waals surface area (Å²) in [5.41, 5.74) is -0.519. The van der Waals surface area contributed by atoms with Crippen LogP contribution in [0.15, 0.2) is 46.8 Å². The highest BCUT2D eigenvalue weighted by atomic mass is 32.1. The Morgan fingerprint density at radius 2 is 2.33 bits per heavy atom. The second-order valence-electron chi connectivity index (χ2n) is 4.90. The van der Waals surface area contributed by atoms with Crippen molar-refractivity contribution in [1.82, 2.24) is 15.3 Å². The predicted octanol–water partition coefficient (Wildman–Crippen LogP) is 2.04. The molecule has 7 nitrogen and oxygen atoms in total. The number of amides is 1. The molecule has 2 rings (SSSR count). The van der Waals surface area contributed by atoms with Crippen LogP contribution in [0.25, 0.3) is 10.7 Å². The minimum Gasteiger partial charge on any atom is -0.504 e. The highest BCUT2D eigenvalue weighted by Gasteiger charge is 2.20. The Labute approximate surface area is 142 Å². The normalized spacial score (nSPS) is 12.1. The summed E-state index contributed by atoms with van der Waals surface area (Å²) in [7, 11) is 1.50. The van der Waals surface area contributed by atoms with Crippen molar-refractivity contribution in [2.24, 2.45) is 0 Å². The summed E-state index contributed by atoms with van der Waals surface area (Å²) >= 11 is 1.36. The van der Waals surface area contributed by atoms with E-state index in [1.165, 1.54) is 24.7 Å². The Bertz CT molecular complexity index is 824. The van der Waals surface area contributed by atoms with E-state index in [2.05, 4.69) is 21.9 Å². The third kappa shape index (κ3) is 3.90. The largest absolute Gasteiger partial charge is 0.504 e. The van der Waals surface area contributed by atoms with E-state index in [1.807, 2.05) is 5.38 Å². The first kappa shape index (κ1) is 17.5. The van der Waals surface area contributed by atoms with Crippen molar-refractivity contribution >= 4 is 17.2 Å². The van der Waals surface area contributed by atoms with Gasteiger partial charge in [0.1, 0.15) is 0 Å². The number of rotatable bonds is 6. The molecule has 0 radical (unpaired) electrons. The second-order valence-corrected chi connectivity index (χ2v) is 5.85. The zero-order valence-corrected chi connectivity index (χ0v) is 14.0. The molecule has 0 aromatic carbocycles. The van der Waals surface area contributed by atoms with Crippen LogP contribution in [-0.4, -0.2) is 34.1 Å². The smallest absolute Gasteiger partial charge is 0.294 e. The number of thiophene rings is 1. The van der Waals surface area contributed by atoms with Crippen LogP contribution in [0.3, 0.4) is 0 Å². The number of carbonyl (C=O) groups excluding carboxylic acids is 1. The summed E-state index contributed by atoms with van der Waals surface area (Å²) in [5, 5.41) is 14.3. The Kier molecular flexibility index (Phi) is 5.54. The number of hydrogen-bond acceptors (Lipinski definition) is 6. The highest BCUT2D eigenvalue weighted by Crippen LogP contribution is 2.21. The lowest BCUT2D eigenvalue weighted by molar-refractivity contribution is 0.0937. The van der Waals surface area contributed by atoms with Gasteiger partial charge in [0.2, 0.25) is 5.75 Å². The maximum atomic E-state index is 12.3. The van der Waals surface area contributed by atoms with Gasteiger partial charge in [0.05, 0.1) is 24.3 Å². The predicted molar refractivity (Wildman–Crippen MR) is 92.1 cm³/mol. The van der Waals surface area contributed by atoms with Crippen LogP contribution < -0.4 is 10.9 Å². The van der Waals surface area contributed by atoms with Crippen molar-refractivity contribution in [2.45, 2.75) is 13.0 Å². The van der Waals surface area contributed by atoms with Crippen LogP contribution in [0, 0.1) is 0 Å². The number of carbonyl (C=O) groups is 1. The van der Waals surface area contributed by atoms with Gasteiger partial charge in [-0.2, -0.15) is 0 Å². The molecule has 0 spiro atoms. The fourth-order valence-corrected chi connectivity index (χ4v) is 2.48. The van der Waals surface area contributed by atoms with Gasteiger partial charge in [-0.15, -0.1) is 11.3 Å². The monoisotopic (exact) mass is 347 g/mol. The molecule has 2 aromatic rings. The van der Waals surface area contributed by atoms with Gasteiger partial charge in [-0.1, -0.05) is 12.6 Å². The lowest BCUT2D eigenvalue weighted by Crippen LogP contribution is -2.34. The summed E-state index contributed by atoms with van der Waals surface area (Å²) in [4.78, 5) is 31.4. The fraction of sp³-hybridized carbons (Fsp3) is 0.188. The molecule has 0 bridgehead atoms. The number of H-pyrrole nitrogens is 1. The zero-order valence-electron chi connectivity index (χ0n) is 13.2. The molecule has 2 aromatic heterocycles. The van der Waals surface area contributed by atoms with Gasteiger partial charge in [0.15, 0.2) is 11.5 Å². The Balaban J connectivity index is 2.27. The molecule has 8 heteroatoms. The van der Waals surface area contributed by atoms with E-state index in [1.54, 1.807) is 25.1 Å². The molecule has 3 N–H and O–H groups in total. The van der Waals surface area contributed by atoms with Crippen LogP contribution in [-0.2, 0) is 4.74 Å². The van der Waals surface area contributed by atoms with Gasteiger partial charge >= 0.3 is 0 Å². The third-order valence-corrected chi connectivity index (χ3v) is 4.06. The van der Waals surface area contributed by atoms with Crippen LogP contribution >= 0.6 is 11.3 Å². The van der Waals surface area contributed by atoms with Crippen molar-refractivity contribution in [3.8, 4) is 16.5 Å². The molecule has 0 fully saturated rings. The Morgan fingerprint density at radius 1 is 1.58 bits per heavy atom. The fourth-order valence-electron chi connectivity index (χ4n) is 1.81. The number of nitrogens with zero attached hydrogens (tertiary/aromatic N) is 1. The quantitative estimate of drug-likeness (QED) is 0.548. The average Bonchev–Trinajstić information content (AvgIpc) is 3.09. The highest BCUT2D eigenvalue weighted by molar-refractivity contribution is 7.13. The molecular formula is C16H17N3O4S. The van der Waals surface area contributed by atoms with Crippen LogP contribution in [0.5, 0.6) is 5.75 Å². The molecular weight excluding hydrogens is 330 g/mol. The number of aromatic amines is 1. The van der Waals surface area contributed by atoms with E-state index >= 15 is 0 Å². The molecule has 0 saturated carbocycles. The van der Waals surface area contributed by atoms with Crippen molar-refractivity contribution in [2.75, 3.05) is 7.11 Å². The SMILES string of the molecule is C=C(/C=C\OC)C(C)NC(=O)c1nc(-c2cccs2)[nH]c(=O)c1O. The minimum absolute atomic E-state index is 0.226. The van der Waals surface area contributed by atoms with Crippen molar-refractivity contribution in [1.29, 1.82) is 0 Å². The summed E-state index contributed by atoms with van der Waals surface area (Å²) in [6.45, 7) is 5.52. The molecule has 2 heterocycles. The molecule has 1 amide bonds. The van der Waals surface area contributed by atoms with Crippen molar-refractivity contribution in [3.63, 3.8) is 0 Å². The van der Waals surface area contributed by atoms with Crippen LogP contribution in [0.2, 0.25) is 0 Å². The Morgan fingerprint density at radius 3 is 2.96 bits per heavy atom. The van der Waals surface area contributed by atoms with Gasteiger partial charge in [0, 0.05) is 0 Å². The standard InChI is InChI=1S/C16H17N3O4S/c1-9(6-7-23-3)10(2)17-15(21)12-13(20)16(22)19-14(18-12)11-5-4-8-24-11/h4-8,10,20H,1H2,2-3H3,(H,17,21)(H,18,19,22)/b7-6-. The van der Waals surface area contributed by atoms with E-state index in [0.29, 0.717) is 10.5 Å². The molecule has 0 saturated heterocycles. The van der Waals surface area contributed by atoms with Gasteiger partial charge in [-0.25, -0.2) is 4.98 Å². The summed E-state index contributed by atoms with van der Waals surface area (Å²) in [5.74, 6) is -1.17. The lowest BCUT2D eigenvalue weighted by atomic mass is 10.1. The minimum atomic E-state index is -0.774. The maximum absolute atomic E-state index is 12.3. The van der Waals surface area contributed by atoms with E-state index in [4.69, 9.17) is 4.74 Å². The average molecular weight is 347 g/mol. The summed E-state index contributed by atoms with van der Waals surface area (Å²) in [6.07, 6.45) is 3.04. The summed E-state index contributed by atoms with van der Waals surface area (Å²) < 4.78 is 4.79. The van der Waals surface area contributed by atoms with Crippen molar-refractivity contribution in [3.05, 3.63) is 58.1 Å². The van der Waals surface area contributed by atoms with E-state index < -0.39 is 23.3 Å². The number of aromatic hydroxyl groups is 1. The van der Waals surface area contributed by atoms with Crippen molar-refractivity contribution < 1.29 is 14.6 Å². The molecule has 0 aliphatic heterocycles. The van der Waals surface area contributed by atoms with Crippen LogP contribution in [0.4, 0.5) is 0 Å². The third-order valence-electron chi connectivity index (χ3n) is 3.19. The first-order valence-corrected chi connectivity index (χ1v) is 7.88. The topological polar surface area (TPSA) is 104 Å². The molecule has 0 aliphatic rings. The first-order chi connectivity index (χ1) is 11.4. The number of nitrogens with one attached hydrogen (secondary N) is 2. The molecule has 1 atom stereocenters. The number of methoxy groups -OCH3 is 1. The molecule has 126 valence electrons. The first-order valence-electron chi connectivity index (χ1n) is 7.00. The van der Waals surface area contributed by atoms with Crippen LogP contribution in [0.1, 0.15) is 17.4 Å². The molecule has 1 unspecified atom stereocenters. The Hall–Kier alpha value is -2.87. The molecule has 0 aliphatic carbocycles. The zero-order chi connectivity index (χ0) is 17.7.